The summed E-state index contributed by atoms with van der Waals surface area (Å²) in [4.78, 5) is 13.6. The second-order valence-electron chi connectivity index (χ2n) is 4.37. The molecule has 98 valence electrons. The molecular formula is C13H19N3O2. The van der Waals surface area contributed by atoms with Crippen molar-refractivity contribution in [1.82, 2.24) is 5.32 Å². The Hall–Kier alpha value is -1.75. The second-order valence-corrected chi connectivity index (χ2v) is 4.37. The molecule has 0 unspecified atom stereocenters. The van der Waals surface area contributed by atoms with Crippen molar-refractivity contribution in [2.75, 3.05) is 37.4 Å². The third kappa shape index (κ3) is 2.73. The number of unbranched alkanes of at least 4 members (excludes halogenated alkanes) is 1. The summed E-state index contributed by atoms with van der Waals surface area (Å²) >= 11 is 0. The van der Waals surface area contributed by atoms with Crippen molar-refractivity contribution < 1.29 is 9.53 Å². The molecule has 0 saturated heterocycles. The summed E-state index contributed by atoms with van der Waals surface area (Å²) in [5.41, 5.74) is 7.20. The molecular weight excluding hydrogens is 230 g/mol. The summed E-state index contributed by atoms with van der Waals surface area (Å²) in [5, 5.41) is 3.10. The normalized spacial score (nSPS) is 14.3. The van der Waals surface area contributed by atoms with Crippen LogP contribution in [0.2, 0.25) is 0 Å². The highest BCUT2D eigenvalue weighted by Gasteiger charge is 2.24. The zero-order chi connectivity index (χ0) is 13.0. The summed E-state index contributed by atoms with van der Waals surface area (Å²) in [6.45, 7) is 1.78. The Balaban J connectivity index is 2.09. The van der Waals surface area contributed by atoms with E-state index in [0.717, 1.165) is 30.8 Å². The molecule has 0 spiro atoms. The van der Waals surface area contributed by atoms with Gasteiger partial charge in [0.05, 0.1) is 5.69 Å². The highest BCUT2D eigenvalue weighted by molar-refractivity contribution is 5.98. The lowest BCUT2D eigenvalue weighted by molar-refractivity contribution is -0.121. The van der Waals surface area contributed by atoms with E-state index in [1.807, 2.05) is 13.1 Å². The van der Waals surface area contributed by atoms with Crippen LogP contribution in [0, 0.1) is 0 Å². The van der Waals surface area contributed by atoms with Crippen LogP contribution in [-0.4, -0.2) is 32.7 Å². The van der Waals surface area contributed by atoms with Gasteiger partial charge in [0, 0.05) is 12.2 Å². The summed E-state index contributed by atoms with van der Waals surface area (Å²) in [6.07, 6.45) is 2.00. The topological polar surface area (TPSA) is 67.6 Å². The van der Waals surface area contributed by atoms with Crippen molar-refractivity contribution in [3.63, 3.8) is 0 Å². The molecule has 1 aliphatic heterocycles. The predicted molar refractivity (Wildman–Crippen MR) is 71.9 cm³/mol. The number of anilines is 2. The first-order valence-corrected chi connectivity index (χ1v) is 6.19. The van der Waals surface area contributed by atoms with E-state index >= 15 is 0 Å². The van der Waals surface area contributed by atoms with E-state index in [4.69, 9.17) is 10.5 Å². The van der Waals surface area contributed by atoms with Crippen LogP contribution in [0.3, 0.4) is 0 Å². The second kappa shape index (κ2) is 5.73. The molecule has 5 heteroatoms. The fourth-order valence-electron chi connectivity index (χ4n) is 2.04. The maximum absolute atomic E-state index is 11.9. The number of carbonyl (C=O) groups is 1. The van der Waals surface area contributed by atoms with Crippen LogP contribution in [0.15, 0.2) is 18.2 Å². The van der Waals surface area contributed by atoms with E-state index in [1.54, 1.807) is 17.0 Å². The van der Waals surface area contributed by atoms with Crippen molar-refractivity contribution in [2.24, 2.45) is 0 Å². The Morgan fingerprint density at radius 2 is 2.28 bits per heavy atom. The average Bonchev–Trinajstić information content (AvgIpc) is 2.36. The monoisotopic (exact) mass is 249 g/mol. The van der Waals surface area contributed by atoms with Gasteiger partial charge < -0.3 is 20.7 Å². The zero-order valence-electron chi connectivity index (χ0n) is 10.6. The SMILES string of the molecule is CNCCCCN1C(=O)COc2ccc(N)cc21. The van der Waals surface area contributed by atoms with Crippen LogP contribution >= 0.6 is 0 Å². The molecule has 0 aromatic heterocycles. The smallest absolute Gasteiger partial charge is 0.265 e. The number of nitrogens with one attached hydrogen (secondary N) is 1. The average molecular weight is 249 g/mol. The van der Waals surface area contributed by atoms with Gasteiger partial charge in [-0.1, -0.05) is 0 Å². The lowest BCUT2D eigenvalue weighted by Gasteiger charge is -2.29. The highest BCUT2D eigenvalue weighted by Crippen LogP contribution is 2.33. The third-order valence-electron chi connectivity index (χ3n) is 2.98. The number of amides is 1. The fourth-order valence-corrected chi connectivity index (χ4v) is 2.04. The van der Waals surface area contributed by atoms with Gasteiger partial charge in [0.2, 0.25) is 0 Å². The first-order chi connectivity index (χ1) is 8.72. The molecule has 0 radical (unpaired) electrons. The summed E-state index contributed by atoms with van der Waals surface area (Å²) in [5.74, 6) is 0.731. The summed E-state index contributed by atoms with van der Waals surface area (Å²) in [6, 6.07) is 5.40. The molecule has 1 amide bonds. The van der Waals surface area contributed by atoms with Gasteiger partial charge in [-0.15, -0.1) is 0 Å². The molecule has 5 nitrogen and oxygen atoms in total. The van der Waals surface area contributed by atoms with Gasteiger partial charge in [-0.25, -0.2) is 0 Å². The minimum atomic E-state index is -0.00226. The van der Waals surface area contributed by atoms with Crippen molar-refractivity contribution >= 4 is 17.3 Å². The Kier molecular flexibility index (Phi) is 4.04. The van der Waals surface area contributed by atoms with E-state index in [1.165, 1.54) is 0 Å². The fraction of sp³-hybridized carbons (Fsp3) is 0.462. The molecule has 1 aromatic rings. The molecule has 1 heterocycles. The first-order valence-electron chi connectivity index (χ1n) is 6.19. The molecule has 0 saturated carbocycles. The predicted octanol–water partition coefficient (Wildman–Crippen LogP) is 0.994. The molecule has 3 N–H and O–H groups in total. The lowest BCUT2D eigenvalue weighted by Crippen LogP contribution is -2.39. The van der Waals surface area contributed by atoms with Gasteiger partial charge in [0.1, 0.15) is 5.75 Å². The maximum atomic E-state index is 11.9. The van der Waals surface area contributed by atoms with Gasteiger partial charge in [-0.3, -0.25) is 4.79 Å². The van der Waals surface area contributed by atoms with Gasteiger partial charge in [0.15, 0.2) is 6.61 Å². The van der Waals surface area contributed by atoms with Crippen LogP contribution < -0.4 is 20.7 Å². The van der Waals surface area contributed by atoms with Gasteiger partial charge >= 0.3 is 0 Å². The highest BCUT2D eigenvalue weighted by atomic mass is 16.5. The summed E-state index contributed by atoms with van der Waals surface area (Å²) < 4.78 is 5.39. The van der Waals surface area contributed by atoms with Crippen molar-refractivity contribution in [3.8, 4) is 5.75 Å². The van der Waals surface area contributed by atoms with E-state index < -0.39 is 0 Å². The molecule has 1 aliphatic rings. The Bertz CT molecular complexity index is 434. The van der Waals surface area contributed by atoms with Crippen LogP contribution in [0.5, 0.6) is 5.75 Å². The molecule has 1 aromatic carbocycles. The largest absolute Gasteiger partial charge is 0.482 e. The van der Waals surface area contributed by atoms with Gasteiger partial charge in [-0.05, 0) is 44.6 Å². The van der Waals surface area contributed by atoms with E-state index in [2.05, 4.69) is 5.32 Å². The Morgan fingerprint density at radius 1 is 1.44 bits per heavy atom. The van der Waals surface area contributed by atoms with Crippen molar-refractivity contribution in [1.29, 1.82) is 0 Å². The zero-order valence-corrected chi connectivity index (χ0v) is 10.6. The molecule has 0 fully saturated rings. The van der Waals surface area contributed by atoms with E-state index in [9.17, 15) is 4.79 Å². The number of rotatable bonds is 5. The van der Waals surface area contributed by atoms with Gasteiger partial charge in [-0.2, -0.15) is 0 Å². The molecule has 0 bridgehead atoms. The standard InChI is InChI=1S/C13H19N3O2/c1-15-6-2-3-7-16-11-8-10(14)4-5-12(11)18-9-13(16)17/h4-5,8,15H,2-3,6-7,9,14H2,1H3. The van der Waals surface area contributed by atoms with Crippen molar-refractivity contribution in [3.05, 3.63) is 18.2 Å². The van der Waals surface area contributed by atoms with Crippen LogP contribution in [-0.2, 0) is 4.79 Å². The molecule has 0 aliphatic carbocycles. The minimum Gasteiger partial charge on any atom is -0.482 e. The van der Waals surface area contributed by atoms with Crippen LogP contribution in [0.1, 0.15) is 12.8 Å². The van der Waals surface area contributed by atoms with E-state index in [0.29, 0.717) is 12.2 Å². The molecule has 0 atom stereocenters. The third-order valence-corrected chi connectivity index (χ3v) is 2.98. The number of fused-ring (bicyclic) bond motifs is 1. The number of nitrogens with two attached hydrogens (primary N) is 1. The lowest BCUT2D eigenvalue weighted by atomic mass is 10.2. The maximum Gasteiger partial charge on any atom is 0.265 e. The number of carbonyl (C=O) groups excluding carboxylic acids is 1. The van der Waals surface area contributed by atoms with Crippen LogP contribution in [0.4, 0.5) is 11.4 Å². The molecule has 18 heavy (non-hydrogen) atoms. The number of hydrogen-bond acceptors (Lipinski definition) is 4. The minimum absolute atomic E-state index is 0.00226. The Labute approximate surface area is 107 Å². The number of nitrogens with zero attached hydrogens (tertiary/aromatic N) is 1. The number of hydrogen-bond donors (Lipinski definition) is 2. The van der Waals surface area contributed by atoms with Crippen molar-refractivity contribution in [2.45, 2.75) is 12.8 Å². The first kappa shape index (κ1) is 12.7. The van der Waals surface area contributed by atoms with Gasteiger partial charge in [0.25, 0.3) is 5.91 Å². The quantitative estimate of drug-likeness (QED) is 0.603. The number of ether oxygens (including phenoxy) is 1. The number of benzene rings is 1. The summed E-state index contributed by atoms with van der Waals surface area (Å²) in [7, 11) is 1.93. The van der Waals surface area contributed by atoms with E-state index in [-0.39, 0.29) is 12.5 Å². The number of nitrogen functional groups attached to an aromatic ring is 1. The van der Waals surface area contributed by atoms with Crippen LogP contribution in [0.25, 0.3) is 0 Å². The Morgan fingerprint density at radius 3 is 3.06 bits per heavy atom. The molecule has 2 rings (SSSR count).